The van der Waals surface area contributed by atoms with Crippen molar-refractivity contribution in [2.24, 2.45) is 0 Å². The first-order valence-corrected chi connectivity index (χ1v) is 8.51. The maximum absolute atomic E-state index is 12.6. The molecule has 1 amide bonds. The van der Waals surface area contributed by atoms with Gasteiger partial charge in [0.15, 0.2) is 0 Å². The second-order valence-corrected chi connectivity index (χ2v) is 6.02. The van der Waals surface area contributed by atoms with Crippen molar-refractivity contribution in [2.75, 3.05) is 13.1 Å². The van der Waals surface area contributed by atoms with E-state index in [0.717, 1.165) is 22.6 Å². The fourth-order valence-electron chi connectivity index (χ4n) is 2.89. The summed E-state index contributed by atoms with van der Waals surface area (Å²) in [5, 5.41) is 0.684. The molecule has 1 aromatic carbocycles. The normalized spacial score (nSPS) is 11.0. The number of hydrogen-bond acceptors (Lipinski definition) is 2. The zero-order chi connectivity index (χ0) is 17.1. The lowest BCUT2D eigenvalue weighted by Crippen LogP contribution is -2.32. The summed E-state index contributed by atoms with van der Waals surface area (Å²) in [6.45, 7) is 5.41. The van der Waals surface area contributed by atoms with Crippen molar-refractivity contribution in [2.45, 2.75) is 20.3 Å². The minimum Gasteiger partial charge on any atom is -0.343 e. The van der Waals surface area contributed by atoms with Crippen LogP contribution in [-0.4, -0.2) is 33.3 Å². The van der Waals surface area contributed by atoms with Crippen molar-refractivity contribution in [1.29, 1.82) is 0 Å². The Balaban J connectivity index is 2.08. The van der Waals surface area contributed by atoms with Crippen LogP contribution in [0.5, 0.6) is 0 Å². The number of benzene rings is 1. The largest absolute Gasteiger partial charge is 0.343 e. The molecule has 0 bridgehead atoms. The quantitative estimate of drug-likeness (QED) is 0.701. The van der Waals surface area contributed by atoms with E-state index in [2.05, 4.69) is 0 Å². The van der Waals surface area contributed by atoms with Crippen LogP contribution in [0.3, 0.4) is 0 Å². The van der Waals surface area contributed by atoms with Crippen molar-refractivity contribution in [1.82, 2.24) is 14.3 Å². The van der Waals surface area contributed by atoms with Crippen LogP contribution >= 0.6 is 11.6 Å². The first kappa shape index (κ1) is 16.5. The van der Waals surface area contributed by atoms with Crippen molar-refractivity contribution < 1.29 is 4.79 Å². The zero-order valence-electron chi connectivity index (χ0n) is 13.9. The number of imidazole rings is 1. The van der Waals surface area contributed by atoms with Gasteiger partial charge in [-0.3, -0.25) is 4.79 Å². The van der Waals surface area contributed by atoms with Gasteiger partial charge in [0.1, 0.15) is 5.65 Å². The van der Waals surface area contributed by atoms with E-state index in [0.29, 0.717) is 24.5 Å². The number of nitrogens with zero attached hydrogens (tertiary/aromatic N) is 3. The van der Waals surface area contributed by atoms with Gasteiger partial charge in [-0.25, -0.2) is 4.98 Å². The van der Waals surface area contributed by atoms with Crippen LogP contribution in [0.15, 0.2) is 48.7 Å². The average Bonchev–Trinajstić information content (AvgIpc) is 2.95. The Bertz CT molecular complexity index is 851. The van der Waals surface area contributed by atoms with E-state index in [9.17, 15) is 4.79 Å². The molecule has 0 aliphatic heterocycles. The van der Waals surface area contributed by atoms with Gasteiger partial charge in [-0.15, -0.1) is 0 Å². The first-order chi connectivity index (χ1) is 11.6. The second kappa shape index (κ2) is 7.05. The molecule has 0 unspecified atom stereocenters. The van der Waals surface area contributed by atoms with Gasteiger partial charge in [0, 0.05) is 29.9 Å². The fourth-order valence-corrected chi connectivity index (χ4v) is 3.01. The van der Waals surface area contributed by atoms with Gasteiger partial charge in [-0.2, -0.15) is 0 Å². The summed E-state index contributed by atoms with van der Waals surface area (Å²) in [4.78, 5) is 19.2. The van der Waals surface area contributed by atoms with Gasteiger partial charge in [-0.1, -0.05) is 29.8 Å². The highest BCUT2D eigenvalue weighted by Gasteiger charge is 2.19. The van der Waals surface area contributed by atoms with E-state index >= 15 is 0 Å². The standard InChI is InChI=1S/C19H20ClN3O/c1-3-22(4-2)18(24)13-16-19(14-8-10-15(20)11-9-14)21-17-7-5-6-12-23(16)17/h5-12H,3-4,13H2,1-2H3. The zero-order valence-corrected chi connectivity index (χ0v) is 14.6. The molecule has 3 aromatic rings. The Hall–Kier alpha value is -2.33. The Labute approximate surface area is 146 Å². The van der Waals surface area contributed by atoms with Crippen molar-refractivity contribution >= 4 is 23.2 Å². The Kier molecular flexibility index (Phi) is 4.86. The highest BCUT2D eigenvalue weighted by Crippen LogP contribution is 2.26. The van der Waals surface area contributed by atoms with Gasteiger partial charge in [0.05, 0.1) is 17.8 Å². The molecular formula is C19H20ClN3O. The molecule has 0 fully saturated rings. The molecule has 0 aliphatic rings. The first-order valence-electron chi connectivity index (χ1n) is 8.13. The SMILES string of the molecule is CCN(CC)C(=O)Cc1c(-c2ccc(Cl)cc2)nc2ccccn12. The molecule has 0 spiro atoms. The Morgan fingerprint density at radius 1 is 1.12 bits per heavy atom. The lowest BCUT2D eigenvalue weighted by atomic mass is 10.1. The molecule has 0 radical (unpaired) electrons. The molecule has 24 heavy (non-hydrogen) atoms. The summed E-state index contributed by atoms with van der Waals surface area (Å²) in [5.74, 6) is 0.112. The molecule has 3 rings (SSSR count). The molecule has 0 atom stereocenters. The number of rotatable bonds is 5. The van der Waals surface area contributed by atoms with Gasteiger partial charge in [0.2, 0.25) is 5.91 Å². The van der Waals surface area contributed by atoms with Crippen LogP contribution in [0, 0.1) is 0 Å². The highest BCUT2D eigenvalue weighted by molar-refractivity contribution is 6.30. The smallest absolute Gasteiger partial charge is 0.228 e. The van der Waals surface area contributed by atoms with Crippen molar-refractivity contribution in [3.8, 4) is 11.3 Å². The summed E-state index contributed by atoms with van der Waals surface area (Å²) < 4.78 is 1.99. The van der Waals surface area contributed by atoms with Crippen molar-refractivity contribution in [3.63, 3.8) is 0 Å². The molecule has 0 saturated carbocycles. The molecule has 0 N–H and O–H groups in total. The number of fused-ring (bicyclic) bond motifs is 1. The predicted octanol–water partition coefficient (Wildman–Crippen LogP) is 4.07. The van der Waals surface area contributed by atoms with E-state index in [4.69, 9.17) is 16.6 Å². The minimum atomic E-state index is 0.112. The molecule has 0 saturated heterocycles. The number of carbonyl (C=O) groups is 1. The van der Waals surface area contributed by atoms with E-state index in [1.165, 1.54) is 0 Å². The lowest BCUT2D eigenvalue weighted by molar-refractivity contribution is -0.130. The number of likely N-dealkylation sites (N-methyl/N-ethyl adjacent to an activating group) is 1. The third-order valence-corrected chi connectivity index (χ3v) is 4.43. The van der Waals surface area contributed by atoms with Crippen LogP contribution in [0.2, 0.25) is 5.02 Å². The van der Waals surface area contributed by atoms with Gasteiger partial charge < -0.3 is 9.30 Å². The number of hydrogen-bond donors (Lipinski definition) is 0. The van der Waals surface area contributed by atoms with Crippen LogP contribution in [0.1, 0.15) is 19.5 Å². The maximum Gasteiger partial charge on any atom is 0.228 e. The molecule has 4 nitrogen and oxygen atoms in total. The van der Waals surface area contributed by atoms with E-state index in [-0.39, 0.29) is 5.91 Å². The van der Waals surface area contributed by atoms with Crippen molar-refractivity contribution in [3.05, 3.63) is 59.4 Å². The molecule has 2 aromatic heterocycles. The van der Waals surface area contributed by atoms with E-state index in [1.807, 2.05) is 71.8 Å². The molecule has 124 valence electrons. The topological polar surface area (TPSA) is 37.6 Å². The summed E-state index contributed by atoms with van der Waals surface area (Å²) in [5.41, 5.74) is 3.54. The van der Waals surface area contributed by atoms with Gasteiger partial charge in [-0.05, 0) is 38.1 Å². The number of pyridine rings is 1. The van der Waals surface area contributed by atoms with E-state index in [1.54, 1.807) is 0 Å². The highest BCUT2D eigenvalue weighted by atomic mass is 35.5. The van der Waals surface area contributed by atoms with Crippen LogP contribution < -0.4 is 0 Å². The van der Waals surface area contributed by atoms with Crippen LogP contribution in [-0.2, 0) is 11.2 Å². The Morgan fingerprint density at radius 3 is 2.50 bits per heavy atom. The number of aromatic nitrogens is 2. The summed E-state index contributed by atoms with van der Waals surface area (Å²) in [6.07, 6.45) is 2.28. The maximum atomic E-state index is 12.6. The monoisotopic (exact) mass is 341 g/mol. The Morgan fingerprint density at radius 2 is 1.83 bits per heavy atom. The van der Waals surface area contributed by atoms with E-state index < -0.39 is 0 Å². The second-order valence-electron chi connectivity index (χ2n) is 5.59. The number of amides is 1. The predicted molar refractivity (Wildman–Crippen MR) is 97.3 cm³/mol. The number of halogens is 1. The van der Waals surface area contributed by atoms with Gasteiger partial charge >= 0.3 is 0 Å². The van der Waals surface area contributed by atoms with Crippen LogP contribution in [0.25, 0.3) is 16.9 Å². The molecular weight excluding hydrogens is 322 g/mol. The third-order valence-electron chi connectivity index (χ3n) is 4.18. The minimum absolute atomic E-state index is 0.112. The van der Waals surface area contributed by atoms with Crippen LogP contribution in [0.4, 0.5) is 0 Å². The molecule has 0 aliphatic carbocycles. The summed E-state index contributed by atoms with van der Waals surface area (Å²) in [7, 11) is 0. The number of carbonyl (C=O) groups excluding carboxylic acids is 1. The lowest BCUT2D eigenvalue weighted by Gasteiger charge is -2.18. The van der Waals surface area contributed by atoms with Gasteiger partial charge in [0.25, 0.3) is 0 Å². The summed E-state index contributed by atoms with van der Waals surface area (Å²) >= 11 is 5.99. The summed E-state index contributed by atoms with van der Waals surface area (Å²) in [6, 6.07) is 13.4. The molecule has 5 heteroatoms. The fraction of sp³-hybridized carbons (Fsp3) is 0.263. The molecule has 2 heterocycles. The average molecular weight is 342 g/mol. The third kappa shape index (κ3) is 3.15.